The van der Waals surface area contributed by atoms with Gasteiger partial charge in [-0.05, 0) is 48.0 Å². The Morgan fingerprint density at radius 1 is 1.04 bits per heavy atom. The van der Waals surface area contributed by atoms with Gasteiger partial charge in [0.25, 0.3) is 11.8 Å². The summed E-state index contributed by atoms with van der Waals surface area (Å²) in [5.74, 6) is -1.72. The molecular weight excluding hydrogens is 351 g/mol. The molecule has 7 heteroatoms. The molecule has 6 nitrogen and oxygen atoms in total. The zero-order chi connectivity index (χ0) is 19.8. The maximum absolute atomic E-state index is 12.8. The van der Waals surface area contributed by atoms with Crippen molar-refractivity contribution in [2.75, 3.05) is 26.0 Å². The van der Waals surface area contributed by atoms with Gasteiger partial charge in [-0.15, -0.1) is 0 Å². The predicted octanol–water partition coefficient (Wildman–Crippen LogP) is 2.72. The van der Waals surface area contributed by atoms with Gasteiger partial charge in [0.15, 0.2) is 6.61 Å². The molecule has 0 fully saturated rings. The van der Waals surface area contributed by atoms with Gasteiger partial charge >= 0.3 is 5.97 Å². The lowest BCUT2D eigenvalue weighted by Gasteiger charge is -2.11. The van der Waals surface area contributed by atoms with Crippen molar-refractivity contribution in [1.29, 1.82) is 0 Å². The van der Waals surface area contributed by atoms with Gasteiger partial charge in [0, 0.05) is 31.4 Å². The number of halogens is 1. The summed E-state index contributed by atoms with van der Waals surface area (Å²) in [4.78, 5) is 36.7. The van der Waals surface area contributed by atoms with E-state index in [1.54, 1.807) is 38.4 Å². The van der Waals surface area contributed by atoms with Crippen LogP contribution in [-0.4, -0.2) is 43.4 Å². The molecule has 0 bridgehead atoms. The number of hydrogen-bond acceptors (Lipinski definition) is 4. The van der Waals surface area contributed by atoms with Crippen molar-refractivity contribution >= 4 is 29.5 Å². The summed E-state index contributed by atoms with van der Waals surface area (Å²) in [6.45, 7) is -0.453. The van der Waals surface area contributed by atoms with Crippen LogP contribution in [0.15, 0.2) is 54.6 Å². The molecule has 0 saturated heterocycles. The Bertz CT molecular complexity index is 843. The number of amides is 2. The van der Waals surface area contributed by atoms with Crippen LogP contribution in [0.2, 0.25) is 0 Å². The number of anilines is 1. The molecule has 0 radical (unpaired) electrons. The van der Waals surface area contributed by atoms with Crippen LogP contribution in [0.25, 0.3) is 6.08 Å². The van der Waals surface area contributed by atoms with E-state index in [1.165, 1.54) is 35.2 Å². The van der Waals surface area contributed by atoms with E-state index in [2.05, 4.69) is 5.32 Å². The molecular formula is C20H19FN2O4. The molecule has 0 aromatic heterocycles. The third kappa shape index (κ3) is 6.39. The van der Waals surface area contributed by atoms with Crippen molar-refractivity contribution in [2.24, 2.45) is 0 Å². The van der Waals surface area contributed by atoms with Crippen LogP contribution in [0.5, 0.6) is 0 Å². The smallest absolute Gasteiger partial charge is 0.331 e. The second kappa shape index (κ2) is 9.28. The first-order chi connectivity index (χ1) is 12.8. The SMILES string of the molecule is CN(C)C(=O)c1ccc(NC(=O)COC(=O)/C=C/c2ccc(F)cc2)cc1. The van der Waals surface area contributed by atoms with Crippen LogP contribution in [0.1, 0.15) is 15.9 Å². The molecule has 140 valence electrons. The maximum atomic E-state index is 12.8. The molecule has 0 unspecified atom stereocenters. The lowest BCUT2D eigenvalue weighted by Crippen LogP contribution is -2.22. The predicted molar refractivity (Wildman–Crippen MR) is 99.5 cm³/mol. The van der Waals surface area contributed by atoms with E-state index in [9.17, 15) is 18.8 Å². The van der Waals surface area contributed by atoms with E-state index >= 15 is 0 Å². The van der Waals surface area contributed by atoms with Crippen molar-refractivity contribution in [3.05, 3.63) is 71.6 Å². The second-order valence-electron chi connectivity index (χ2n) is 5.82. The topological polar surface area (TPSA) is 75.7 Å². The highest BCUT2D eigenvalue weighted by Crippen LogP contribution is 2.11. The molecule has 2 amide bonds. The number of hydrogen-bond donors (Lipinski definition) is 1. The Hall–Kier alpha value is -3.48. The minimum absolute atomic E-state index is 0.144. The minimum Gasteiger partial charge on any atom is -0.452 e. The summed E-state index contributed by atoms with van der Waals surface area (Å²) in [6, 6.07) is 11.9. The molecule has 0 spiro atoms. The molecule has 0 aliphatic rings. The number of nitrogens with zero attached hydrogens (tertiary/aromatic N) is 1. The van der Waals surface area contributed by atoms with E-state index < -0.39 is 18.5 Å². The zero-order valence-corrected chi connectivity index (χ0v) is 14.9. The van der Waals surface area contributed by atoms with Gasteiger partial charge in [-0.1, -0.05) is 12.1 Å². The maximum Gasteiger partial charge on any atom is 0.331 e. The van der Waals surface area contributed by atoms with Crippen LogP contribution < -0.4 is 5.32 Å². The summed E-state index contributed by atoms with van der Waals surface area (Å²) < 4.78 is 17.6. The van der Waals surface area contributed by atoms with E-state index in [4.69, 9.17) is 4.74 Å². The first-order valence-electron chi connectivity index (χ1n) is 8.07. The number of rotatable bonds is 6. The fourth-order valence-electron chi connectivity index (χ4n) is 2.07. The van der Waals surface area contributed by atoms with Crippen LogP contribution >= 0.6 is 0 Å². The van der Waals surface area contributed by atoms with Gasteiger partial charge in [0.1, 0.15) is 5.82 Å². The Labute approximate surface area is 156 Å². The van der Waals surface area contributed by atoms with Crippen LogP contribution in [-0.2, 0) is 14.3 Å². The summed E-state index contributed by atoms with van der Waals surface area (Å²) in [5, 5.41) is 2.57. The largest absolute Gasteiger partial charge is 0.452 e. The Balaban J connectivity index is 1.80. The van der Waals surface area contributed by atoms with E-state index in [0.29, 0.717) is 16.8 Å². The lowest BCUT2D eigenvalue weighted by atomic mass is 10.2. The number of esters is 1. The van der Waals surface area contributed by atoms with Gasteiger partial charge in [0.05, 0.1) is 0 Å². The van der Waals surface area contributed by atoms with Crippen molar-refractivity contribution in [2.45, 2.75) is 0 Å². The first-order valence-corrected chi connectivity index (χ1v) is 8.07. The average molecular weight is 370 g/mol. The molecule has 1 N–H and O–H groups in total. The molecule has 2 aromatic rings. The molecule has 0 heterocycles. The Kier molecular flexibility index (Phi) is 6.82. The average Bonchev–Trinajstić information content (AvgIpc) is 2.66. The van der Waals surface area contributed by atoms with Gasteiger partial charge < -0.3 is 15.0 Å². The first kappa shape index (κ1) is 19.8. The highest BCUT2D eigenvalue weighted by atomic mass is 19.1. The summed E-state index contributed by atoms with van der Waals surface area (Å²) in [7, 11) is 3.30. The number of nitrogens with one attached hydrogen (secondary N) is 1. The van der Waals surface area contributed by atoms with Crippen LogP contribution in [0.3, 0.4) is 0 Å². The third-order valence-electron chi connectivity index (χ3n) is 3.45. The molecule has 0 atom stereocenters. The monoisotopic (exact) mass is 370 g/mol. The molecule has 27 heavy (non-hydrogen) atoms. The fourth-order valence-corrected chi connectivity index (χ4v) is 2.07. The van der Waals surface area contributed by atoms with E-state index in [0.717, 1.165) is 6.08 Å². The molecule has 2 rings (SSSR count). The number of ether oxygens (including phenoxy) is 1. The fraction of sp³-hybridized carbons (Fsp3) is 0.150. The van der Waals surface area contributed by atoms with Gasteiger partial charge in [-0.3, -0.25) is 9.59 Å². The second-order valence-corrected chi connectivity index (χ2v) is 5.82. The van der Waals surface area contributed by atoms with E-state index in [1.807, 2.05) is 0 Å². The highest BCUT2D eigenvalue weighted by molar-refractivity contribution is 5.96. The van der Waals surface area contributed by atoms with Gasteiger partial charge in [-0.25, -0.2) is 9.18 Å². The van der Waals surface area contributed by atoms with E-state index in [-0.39, 0.29) is 11.7 Å². The molecule has 0 saturated carbocycles. The summed E-state index contributed by atoms with van der Waals surface area (Å²) in [5.41, 5.74) is 1.61. The van der Waals surface area contributed by atoms with Crippen LogP contribution in [0.4, 0.5) is 10.1 Å². The third-order valence-corrected chi connectivity index (χ3v) is 3.45. The van der Waals surface area contributed by atoms with Crippen LogP contribution in [0, 0.1) is 5.82 Å². The highest BCUT2D eigenvalue weighted by Gasteiger charge is 2.09. The molecule has 2 aromatic carbocycles. The number of carbonyl (C=O) groups is 3. The molecule has 0 aliphatic heterocycles. The van der Waals surface area contributed by atoms with Gasteiger partial charge in [-0.2, -0.15) is 0 Å². The minimum atomic E-state index is -0.693. The van der Waals surface area contributed by atoms with Crippen molar-refractivity contribution < 1.29 is 23.5 Å². The number of benzene rings is 2. The van der Waals surface area contributed by atoms with Crippen molar-refractivity contribution in [1.82, 2.24) is 4.90 Å². The normalized spacial score (nSPS) is 10.5. The summed E-state index contributed by atoms with van der Waals surface area (Å²) >= 11 is 0. The Morgan fingerprint density at radius 2 is 1.67 bits per heavy atom. The Morgan fingerprint density at radius 3 is 2.26 bits per heavy atom. The van der Waals surface area contributed by atoms with Crippen molar-refractivity contribution in [3.8, 4) is 0 Å². The lowest BCUT2D eigenvalue weighted by molar-refractivity contribution is -0.142. The summed E-state index contributed by atoms with van der Waals surface area (Å²) in [6.07, 6.45) is 2.61. The zero-order valence-electron chi connectivity index (χ0n) is 14.9. The molecule has 0 aliphatic carbocycles. The number of carbonyl (C=O) groups excluding carboxylic acids is 3. The standard InChI is InChI=1S/C20H19FN2O4/c1-23(2)20(26)15-6-10-17(11-7-15)22-18(24)13-27-19(25)12-5-14-3-8-16(21)9-4-14/h3-12H,13H2,1-2H3,(H,22,24)/b12-5+. The van der Waals surface area contributed by atoms with Crippen molar-refractivity contribution in [3.63, 3.8) is 0 Å². The quantitative estimate of drug-likeness (QED) is 0.627. The van der Waals surface area contributed by atoms with Gasteiger partial charge in [0.2, 0.25) is 0 Å².